The highest BCUT2D eigenvalue weighted by molar-refractivity contribution is 5.68. The van der Waals surface area contributed by atoms with Gasteiger partial charge in [-0.2, -0.15) is 0 Å². The number of carbonyl (C=O) groups is 1. The topological polar surface area (TPSA) is 61.8 Å². The minimum absolute atomic E-state index is 0.190. The van der Waals surface area contributed by atoms with Crippen molar-refractivity contribution >= 4 is 6.09 Å². The maximum atomic E-state index is 12.0. The highest BCUT2D eigenvalue weighted by Gasteiger charge is 2.30. The van der Waals surface area contributed by atoms with E-state index in [-0.39, 0.29) is 12.1 Å². The number of amides is 1. The van der Waals surface area contributed by atoms with Crippen molar-refractivity contribution in [2.45, 2.75) is 52.4 Å². The Morgan fingerprint density at radius 1 is 1.39 bits per heavy atom. The molecule has 0 spiro atoms. The molecule has 1 aliphatic rings. The van der Waals surface area contributed by atoms with Gasteiger partial charge in [-0.25, -0.2) is 4.79 Å². The van der Waals surface area contributed by atoms with E-state index in [2.05, 4.69) is 19.2 Å². The van der Waals surface area contributed by atoms with Crippen molar-refractivity contribution in [3.8, 4) is 0 Å². The lowest BCUT2D eigenvalue weighted by Crippen LogP contribution is -2.45. The molecule has 18 heavy (non-hydrogen) atoms. The lowest BCUT2D eigenvalue weighted by molar-refractivity contribution is 0.0170. The average Bonchev–Trinajstić information content (AvgIpc) is 2.37. The highest BCUT2D eigenvalue weighted by atomic mass is 16.6. The van der Waals surface area contributed by atoms with Gasteiger partial charge in [0.2, 0.25) is 0 Å². The number of aliphatic hydroxyl groups excluding tert-OH is 1. The molecule has 0 aromatic heterocycles. The van der Waals surface area contributed by atoms with E-state index < -0.39 is 11.7 Å². The second-order valence-electron chi connectivity index (χ2n) is 6.30. The van der Waals surface area contributed by atoms with Gasteiger partial charge in [-0.15, -0.1) is 0 Å². The van der Waals surface area contributed by atoms with Crippen molar-refractivity contribution in [3.63, 3.8) is 0 Å². The fourth-order valence-corrected chi connectivity index (χ4v) is 1.90. The van der Waals surface area contributed by atoms with E-state index in [1.54, 1.807) is 4.90 Å². The molecule has 0 saturated carbocycles. The molecule has 0 aromatic carbocycles. The summed E-state index contributed by atoms with van der Waals surface area (Å²) in [7, 11) is 0. The third-order valence-corrected chi connectivity index (χ3v) is 2.92. The van der Waals surface area contributed by atoms with Crippen LogP contribution >= 0.6 is 0 Å². The lowest BCUT2D eigenvalue weighted by Gasteiger charge is -2.29. The molecule has 5 nitrogen and oxygen atoms in total. The molecule has 106 valence electrons. The second-order valence-corrected chi connectivity index (χ2v) is 6.30. The van der Waals surface area contributed by atoms with E-state index in [1.165, 1.54) is 0 Å². The van der Waals surface area contributed by atoms with E-state index in [0.29, 0.717) is 25.6 Å². The van der Waals surface area contributed by atoms with Gasteiger partial charge in [0, 0.05) is 19.1 Å². The van der Waals surface area contributed by atoms with Crippen LogP contribution in [-0.2, 0) is 4.74 Å². The molecule has 2 atom stereocenters. The summed E-state index contributed by atoms with van der Waals surface area (Å²) in [5.41, 5.74) is -0.505. The van der Waals surface area contributed by atoms with Crippen LogP contribution in [0.25, 0.3) is 0 Å². The Bertz CT molecular complexity index is 286. The maximum Gasteiger partial charge on any atom is 0.410 e. The highest BCUT2D eigenvalue weighted by Crippen LogP contribution is 2.14. The number of nitrogens with one attached hydrogen (secondary N) is 1. The predicted molar refractivity (Wildman–Crippen MR) is 70.4 cm³/mol. The predicted octanol–water partition coefficient (Wildman–Crippen LogP) is 1.21. The van der Waals surface area contributed by atoms with E-state index in [9.17, 15) is 9.90 Å². The Labute approximate surface area is 109 Å². The zero-order chi connectivity index (χ0) is 13.9. The molecule has 0 aromatic rings. The number of rotatable bonds is 1. The molecule has 0 aliphatic carbocycles. The minimum atomic E-state index is -0.540. The molecular formula is C13H26N2O3. The summed E-state index contributed by atoms with van der Waals surface area (Å²) in [6.07, 6.45) is -0.892. The zero-order valence-electron chi connectivity index (χ0n) is 12.1. The standard InChI is InChI=1S/C13H26N2O3/c1-9(2)11-8-15(7-10(16)6-14-11)12(17)18-13(3,4)5/h9-11,14,16H,6-8H2,1-5H3/t10-,11+/m0/s1. The SMILES string of the molecule is CC(C)[C@H]1CN(C(=O)OC(C)(C)C)C[C@@H](O)CN1. The quantitative estimate of drug-likeness (QED) is 0.742. The second kappa shape index (κ2) is 5.89. The Balaban J connectivity index is 2.69. The van der Waals surface area contributed by atoms with Gasteiger partial charge in [0.05, 0.1) is 12.6 Å². The average molecular weight is 258 g/mol. The largest absolute Gasteiger partial charge is 0.444 e. The third-order valence-electron chi connectivity index (χ3n) is 2.92. The smallest absolute Gasteiger partial charge is 0.410 e. The van der Waals surface area contributed by atoms with E-state index in [4.69, 9.17) is 4.74 Å². The fourth-order valence-electron chi connectivity index (χ4n) is 1.90. The molecule has 0 radical (unpaired) electrons. The van der Waals surface area contributed by atoms with Gasteiger partial charge < -0.3 is 20.1 Å². The van der Waals surface area contributed by atoms with Gasteiger partial charge in [0.25, 0.3) is 0 Å². The number of β-amino-alcohol motifs (C(OH)–C–C–N with tert-alkyl or cyclic N) is 1. The maximum absolute atomic E-state index is 12.0. The summed E-state index contributed by atoms with van der Waals surface area (Å²) in [6, 6.07) is 0.190. The number of carbonyl (C=O) groups excluding carboxylic acids is 1. The molecule has 0 bridgehead atoms. The Morgan fingerprint density at radius 2 is 2.00 bits per heavy atom. The summed E-state index contributed by atoms with van der Waals surface area (Å²) < 4.78 is 5.36. The Morgan fingerprint density at radius 3 is 2.50 bits per heavy atom. The molecule has 5 heteroatoms. The van der Waals surface area contributed by atoms with Gasteiger partial charge in [0.1, 0.15) is 5.60 Å². The summed E-state index contributed by atoms with van der Waals surface area (Å²) in [4.78, 5) is 13.6. The van der Waals surface area contributed by atoms with Crippen LogP contribution in [0.5, 0.6) is 0 Å². The summed E-state index contributed by atoms with van der Waals surface area (Å²) in [5, 5.41) is 13.1. The van der Waals surface area contributed by atoms with Crippen molar-refractivity contribution in [3.05, 3.63) is 0 Å². The fraction of sp³-hybridized carbons (Fsp3) is 0.923. The number of nitrogens with zero attached hydrogens (tertiary/aromatic N) is 1. The van der Waals surface area contributed by atoms with Crippen molar-refractivity contribution in [2.75, 3.05) is 19.6 Å². The molecule has 1 fully saturated rings. The number of hydrogen-bond acceptors (Lipinski definition) is 4. The Kier molecular flexibility index (Phi) is 4.99. The van der Waals surface area contributed by atoms with Crippen molar-refractivity contribution in [1.29, 1.82) is 0 Å². The summed E-state index contributed by atoms with van der Waals surface area (Å²) in [6.45, 7) is 11.1. The van der Waals surface area contributed by atoms with Crippen LogP contribution in [0.15, 0.2) is 0 Å². The van der Waals surface area contributed by atoms with Crippen LogP contribution in [0, 0.1) is 5.92 Å². The summed E-state index contributed by atoms with van der Waals surface area (Å²) in [5.74, 6) is 0.403. The van der Waals surface area contributed by atoms with Crippen LogP contribution in [0.4, 0.5) is 4.79 Å². The third kappa shape index (κ3) is 4.82. The minimum Gasteiger partial charge on any atom is -0.444 e. The first kappa shape index (κ1) is 15.2. The first-order chi connectivity index (χ1) is 8.19. The van der Waals surface area contributed by atoms with E-state index >= 15 is 0 Å². The van der Waals surface area contributed by atoms with E-state index in [1.807, 2.05) is 20.8 Å². The molecule has 1 rings (SSSR count). The van der Waals surface area contributed by atoms with Crippen molar-refractivity contribution in [2.24, 2.45) is 5.92 Å². The van der Waals surface area contributed by atoms with Crippen molar-refractivity contribution < 1.29 is 14.6 Å². The molecule has 0 unspecified atom stereocenters. The van der Waals surface area contributed by atoms with Crippen molar-refractivity contribution in [1.82, 2.24) is 10.2 Å². The lowest BCUT2D eigenvalue weighted by atomic mass is 10.0. The van der Waals surface area contributed by atoms with Gasteiger partial charge in [-0.3, -0.25) is 0 Å². The zero-order valence-corrected chi connectivity index (χ0v) is 12.1. The van der Waals surface area contributed by atoms with Crippen LogP contribution in [0.1, 0.15) is 34.6 Å². The van der Waals surface area contributed by atoms with Gasteiger partial charge >= 0.3 is 6.09 Å². The number of aliphatic hydroxyl groups is 1. The molecule has 1 saturated heterocycles. The van der Waals surface area contributed by atoms with Gasteiger partial charge in [-0.05, 0) is 26.7 Å². The molecule has 2 N–H and O–H groups in total. The van der Waals surface area contributed by atoms with Crippen LogP contribution < -0.4 is 5.32 Å². The normalized spacial score (nSPS) is 26.1. The van der Waals surface area contributed by atoms with Gasteiger partial charge in [0.15, 0.2) is 0 Å². The first-order valence-corrected chi connectivity index (χ1v) is 6.58. The van der Waals surface area contributed by atoms with Crippen LogP contribution in [0.2, 0.25) is 0 Å². The molecule has 1 amide bonds. The monoisotopic (exact) mass is 258 g/mol. The van der Waals surface area contributed by atoms with Crippen LogP contribution in [-0.4, -0.2) is 53.5 Å². The van der Waals surface area contributed by atoms with E-state index in [0.717, 1.165) is 0 Å². The van der Waals surface area contributed by atoms with Crippen LogP contribution in [0.3, 0.4) is 0 Å². The molecule has 1 heterocycles. The Hall–Kier alpha value is -0.810. The number of ether oxygens (including phenoxy) is 1. The van der Waals surface area contributed by atoms with Gasteiger partial charge in [-0.1, -0.05) is 13.8 Å². The molecular weight excluding hydrogens is 232 g/mol. The molecule has 1 aliphatic heterocycles. The summed E-state index contributed by atoms with van der Waals surface area (Å²) >= 11 is 0. The first-order valence-electron chi connectivity index (χ1n) is 6.58. The number of hydrogen-bond donors (Lipinski definition) is 2.